The molecule has 0 unspecified atom stereocenters. The number of hydrogen-bond donors (Lipinski definition) is 0. The fraction of sp³-hybridized carbons (Fsp3) is 0.263. The normalized spacial score (nSPS) is 12.1. The maximum absolute atomic E-state index is 12.5. The fourth-order valence-corrected chi connectivity index (χ4v) is 4.13. The zero-order valence-corrected chi connectivity index (χ0v) is 15.5. The fourth-order valence-electron chi connectivity index (χ4n) is 2.74. The summed E-state index contributed by atoms with van der Waals surface area (Å²) < 4.78 is 3.10. The Morgan fingerprint density at radius 1 is 1.21 bits per heavy atom. The van der Waals surface area contributed by atoms with Crippen molar-refractivity contribution in [2.45, 2.75) is 33.7 Å². The van der Waals surface area contributed by atoms with Crippen LogP contribution in [0.3, 0.4) is 0 Å². The molecule has 0 fully saturated rings. The highest BCUT2D eigenvalue weighted by atomic mass is 35.5. The molecule has 3 aromatic rings. The summed E-state index contributed by atoms with van der Waals surface area (Å²) in [4.78, 5) is 17.5. The average Bonchev–Trinajstić information content (AvgIpc) is 2.86. The van der Waals surface area contributed by atoms with Gasteiger partial charge in [-0.25, -0.2) is 0 Å². The van der Waals surface area contributed by atoms with Crippen LogP contribution in [0.25, 0.3) is 10.2 Å². The van der Waals surface area contributed by atoms with Crippen LogP contribution in [-0.2, 0) is 17.8 Å². The molecule has 0 aliphatic rings. The number of amides is 1. The molecular formula is C19H19ClN2OS. The van der Waals surface area contributed by atoms with E-state index in [1.165, 1.54) is 11.3 Å². The Hall–Kier alpha value is -1.91. The molecule has 124 valence electrons. The van der Waals surface area contributed by atoms with E-state index in [0.717, 1.165) is 38.3 Å². The molecule has 0 N–H and O–H groups in total. The highest BCUT2D eigenvalue weighted by molar-refractivity contribution is 7.16. The second-order valence-electron chi connectivity index (χ2n) is 5.85. The number of carbonyl (C=O) groups excluding carboxylic acids is 1. The second kappa shape index (κ2) is 6.91. The highest BCUT2D eigenvalue weighted by Gasteiger charge is 2.09. The van der Waals surface area contributed by atoms with Crippen molar-refractivity contribution in [3.63, 3.8) is 0 Å². The Morgan fingerprint density at radius 3 is 2.75 bits per heavy atom. The second-order valence-corrected chi connectivity index (χ2v) is 7.30. The molecule has 0 radical (unpaired) electrons. The van der Waals surface area contributed by atoms with Crippen molar-refractivity contribution in [2.75, 3.05) is 0 Å². The molecule has 0 bridgehead atoms. The molecule has 0 atom stereocenters. The Balaban J connectivity index is 2.00. The smallest absolute Gasteiger partial charge is 0.252 e. The van der Waals surface area contributed by atoms with E-state index in [1.807, 2.05) is 38.1 Å². The SMILES string of the molecule is CCn1c(=NC(=O)Cc2cc(C)ccc2C)sc2cc(Cl)ccc21. The number of thiazole rings is 1. The topological polar surface area (TPSA) is 34.4 Å². The molecular weight excluding hydrogens is 340 g/mol. The highest BCUT2D eigenvalue weighted by Crippen LogP contribution is 2.22. The zero-order chi connectivity index (χ0) is 17.3. The number of halogens is 1. The lowest BCUT2D eigenvalue weighted by Gasteiger charge is -2.04. The van der Waals surface area contributed by atoms with Crippen LogP contribution >= 0.6 is 22.9 Å². The Morgan fingerprint density at radius 2 is 2.00 bits per heavy atom. The quantitative estimate of drug-likeness (QED) is 0.670. The summed E-state index contributed by atoms with van der Waals surface area (Å²) >= 11 is 7.57. The molecule has 1 heterocycles. The van der Waals surface area contributed by atoms with Crippen LogP contribution in [0.5, 0.6) is 0 Å². The van der Waals surface area contributed by atoms with Crippen LogP contribution in [0.1, 0.15) is 23.6 Å². The van der Waals surface area contributed by atoms with Gasteiger partial charge >= 0.3 is 0 Å². The number of nitrogens with zero attached hydrogens (tertiary/aromatic N) is 2. The van der Waals surface area contributed by atoms with Gasteiger partial charge in [0, 0.05) is 11.6 Å². The maximum atomic E-state index is 12.5. The van der Waals surface area contributed by atoms with Crippen LogP contribution in [0.15, 0.2) is 41.4 Å². The van der Waals surface area contributed by atoms with Gasteiger partial charge in [0.1, 0.15) is 0 Å². The summed E-state index contributed by atoms with van der Waals surface area (Å²) in [5, 5.41) is 0.695. The van der Waals surface area contributed by atoms with Gasteiger partial charge in [-0.3, -0.25) is 4.79 Å². The summed E-state index contributed by atoms with van der Waals surface area (Å²) in [5.74, 6) is -0.122. The number of aromatic nitrogens is 1. The van der Waals surface area contributed by atoms with E-state index in [0.29, 0.717) is 11.4 Å². The molecule has 0 aliphatic carbocycles. The van der Waals surface area contributed by atoms with Gasteiger partial charge in [0.2, 0.25) is 0 Å². The van der Waals surface area contributed by atoms with E-state index in [-0.39, 0.29) is 5.91 Å². The summed E-state index contributed by atoms with van der Waals surface area (Å²) in [7, 11) is 0. The Kier molecular flexibility index (Phi) is 4.88. The van der Waals surface area contributed by atoms with Gasteiger partial charge in [-0.15, -0.1) is 0 Å². The molecule has 1 aromatic heterocycles. The summed E-state index contributed by atoms with van der Waals surface area (Å²) in [6.45, 7) is 6.87. The van der Waals surface area contributed by atoms with Crippen LogP contribution in [0, 0.1) is 13.8 Å². The lowest BCUT2D eigenvalue weighted by Crippen LogP contribution is -2.16. The number of rotatable bonds is 3. The minimum absolute atomic E-state index is 0.122. The molecule has 0 spiro atoms. The predicted octanol–water partition coefficient (Wildman–Crippen LogP) is 4.66. The molecule has 3 rings (SSSR count). The van der Waals surface area contributed by atoms with Gasteiger partial charge in [-0.1, -0.05) is 46.7 Å². The van der Waals surface area contributed by atoms with Crippen molar-refractivity contribution in [2.24, 2.45) is 4.99 Å². The molecule has 0 saturated carbocycles. The van der Waals surface area contributed by atoms with Crippen molar-refractivity contribution in [3.05, 3.63) is 62.9 Å². The summed E-state index contributed by atoms with van der Waals surface area (Å²) in [6, 6.07) is 11.9. The standard InChI is InChI=1S/C19H19ClN2OS/c1-4-22-16-8-7-15(20)11-17(16)24-19(22)21-18(23)10-14-9-12(2)5-6-13(14)3/h5-9,11H,4,10H2,1-3H3. The average molecular weight is 359 g/mol. The third-order valence-electron chi connectivity index (χ3n) is 4.03. The number of fused-ring (bicyclic) bond motifs is 1. The van der Waals surface area contributed by atoms with Crippen molar-refractivity contribution in [3.8, 4) is 0 Å². The van der Waals surface area contributed by atoms with Crippen molar-refractivity contribution < 1.29 is 4.79 Å². The molecule has 2 aromatic carbocycles. The predicted molar refractivity (Wildman–Crippen MR) is 101 cm³/mol. The van der Waals surface area contributed by atoms with Crippen LogP contribution in [-0.4, -0.2) is 10.5 Å². The minimum Gasteiger partial charge on any atom is -0.317 e. The summed E-state index contributed by atoms with van der Waals surface area (Å²) in [5.41, 5.74) is 4.38. The summed E-state index contributed by atoms with van der Waals surface area (Å²) in [6.07, 6.45) is 0.326. The van der Waals surface area contributed by atoms with E-state index < -0.39 is 0 Å². The van der Waals surface area contributed by atoms with Gasteiger partial charge in [0.15, 0.2) is 4.80 Å². The first-order chi connectivity index (χ1) is 11.5. The Bertz CT molecular complexity index is 985. The first-order valence-corrected chi connectivity index (χ1v) is 9.10. The molecule has 1 amide bonds. The first-order valence-electron chi connectivity index (χ1n) is 7.90. The molecule has 0 saturated heterocycles. The van der Waals surface area contributed by atoms with E-state index in [4.69, 9.17) is 11.6 Å². The van der Waals surface area contributed by atoms with Crippen LogP contribution < -0.4 is 4.80 Å². The number of aryl methyl sites for hydroxylation is 3. The number of benzene rings is 2. The maximum Gasteiger partial charge on any atom is 0.252 e. The molecule has 0 aliphatic heterocycles. The van der Waals surface area contributed by atoms with E-state index in [2.05, 4.69) is 28.6 Å². The van der Waals surface area contributed by atoms with Gasteiger partial charge < -0.3 is 4.57 Å². The largest absolute Gasteiger partial charge is 0.317 e. The first kappa shape index (κ1) is 16.9. The van der Waals surface area contributed by atoms with E-state index in [9.17, 15) is 4.79 Å². The number of hydrogen-bond acceptors (Lipinski definition) is 2. The van der Waals surface area contributed by atoms with Crippen LogP contribution in [0.4, 0.5) is 0 Å². The lowest BCUT2D eigenvalue weighted by molar-refractivity contribution is -0.117. The third-order valence-corrected chi connectivity index (χ3v) is 5.30. The molecule has 24 heavy (non-hydrogen) atoms. The third kappa shape index (κ3) is 3.45. The van der Waals surface area contributed by atoms with Gasteiger partial charge in [-0.05, 0) is 50.1 Å². The minimum atomic E-state index is -0.122. The van der Waals surface area contributed by atoms with Crippen LogP contribution in [0.2, 0.25) is 5.02 Å². The molecule has 5 heteroatoms. The van der Waals surface area contributed by atoms with Gasteiger partial charge in [-0.2, -0.15) is 4.99 Å². The monoisotopic (exact) mass is 358 g/mol. The van der Waals surface area contributed by atoms with Gasteiger partial charge in [0.05, 0.1) is 16.6 Å². The van der Waals surface area contributed by atoms with Gasteiger partial charge in [0.25, 0.3) is 5.91 Å². The number of carbonyl (C=O) groups is 1. The van der Waals surface area contributed by atoms with Crippen molar-refractivity contribution in [1.29, 1.82) is 0 Å². The zero-order valence-electron chi connectivity index (χ0n) is 14.0. The molecule has 3 nitrogen and oxygen atoms in total. The lowest BCUT2D eigenvalue weighted by atomic mass is 10.0. The Labute approximate surface area is 150 Å². The van der Waals surface area contributed by atoms with E-state index >= 15 is 0 Å². The van der Waals surface area contributed by atoms with Crippen molar-refractivity contribution in [1.82, 2.24) is 4.57 Å². The van der Waals surface area contributed by atoms with E-state index in [1.54, 1.807) is 0 Å². The van der Waals surface area contributed by atoms with Crippen molar-refractivity contribution >= 4 is 39.1 Å².